The maximum Gasteiger partial charge on any atom is 0.339 e. The van der Waals surface area contributed by atoms with Gasteiger partial charge < -0.3 is 10.1 Å². The average Bonchev–Trinajstić information content (AvgIpc) is 2.74. The first-order chi connectivity index (χ1) is 14.4. The first-order valence-electron chi connectivity index (χ1n) is 9.42. The summed E-state index contributed by atoms with van der Waals surface area (Å²) in [7, 11) is 0. The molecule has 150 valence electrons. The zero-order chi connectivity index (χ0) is 21.3. The van der Waals surface area contributed by atoms with Gasteiger partial charge in [0.1, 0.15) is 6.10 Å². The fraction of sp³-hybridized carbons (Fsp3) is 0.125. The lowest BCUT2D eigenvalue weighted by Crippen LogP contribution is -2.23. The number of hydrogen-bond donors (Lipinski definition) is 1. The SMILES string of the molecule is CC(=O)c1cccc(NC(=O)c2ccc3c(c2)CC(c2ccc(Cl)cc2)OC3=O)c1. The number of Topliss-reactive ketones (excluding diaryl/α,β-unsaturated/α-hetero) is 1. The number of hydrogen-bond acceptors (Lipinski definition) is 4. The summed E-state index contributed by atoms with van der Waals surface area (Å²) in [6.45, 7) is 1.47. The van der Waals surface area contributed by atoms with E-state index in [0.717, 1.165) is 11.1 Å². The van der Waals surface area contributed by atoms with Crippen molar-refractivity contribution in [1.29, 1.82) is 0 Å². The number of amides is 1. The highest BCUT2D eigenvalue weighted by Gasteiger charge is 2.28. The van der Waals surface area contributed by atoms with Crippen molar-refractivity contribution in [2.24, 2.45) is 0 Å². The molecule has 0 bridgehead atoms. The largest absolute Gasteiger partial charge is 0.454 e. The molecule has 1 aliphatic heterocycles. The molecule has 1 atom stereocenters. The molecule has 1 unspecified atom stereocenters. The molecule has 1 heterocycles. The number of carbonyl (C=O) groups is 3. The van der Waals surface area contributed by atoms with Crippen LogP contribution >= 0.6 is 11.6 Å². The molecule has 0 saturated heterocycles. The number of nitrogens with one attached hydrogen (secondary N) is 1. The van der Waals surface area contributed by atoms with Crippen LogP contribution in [-0.4, -0.2) is 17.7 Å². The van der Waals surface area contributed by atoms with E-state index in [-0.39, 0.29) is 11.7 Å². The fourth-order valence-electron chi connectivity index (χ4n) is 3.42. The van der Waals surface area contributed by atoms with Gasteiger partial charge in [0.15, 0.2) is 5.78 Å². The first-order valence-corrected chi connectivity index (χ1v) is 9.80. The second-order valence-corrected chi connectivity index (χ2v) is 7.55. The summed E-state index contributed by atoms with van der Waals surface area (Å²) in [6, 6.07) is 18.8. The molecular weight excluding hydrogens is 402 g/mol. The van der Waals surface area contributed by atoms with Crippen LogP contribution in [0, 0.1) is 0 Å². The number of ketones is 1. The Hall–Kier alpha value is -3.44. The van der Waals surface area contributed by atoms with Crippen molar-refractivity contribution >= 4 is 34.9 Å². The number of halogens is 1. The van der Waals surface area contributed by atoms with E-state index < -0.39 is 12.1 Å². The molecule has 1 aliphatic rings. The molecule has 0 aliphatic carbocycles. The lowest BCUT2D eigenvalue weighted by atomic mass is 9.93. The Balaban J connectivity index is 1.57. The van der Waals surface area contributed by atoms with Gasteiger partial charge >= 0.3 is 5.97 Å². The third kappa shape index (κ3) is 4.11. The van der Waals surface area contributed by atoms with Crippen molar-refractivity contribution in [3.63, 3.8) is 0 Å². The van der Waals surface area contributed by atoms with Gasteiger partial charge in [-0.15, -0.1) is 0 Å². The van der Waals surface area contributed by atoms with Gasteiger partial charge in [-0.2, -0.15) is 0 Å². The Labute approximate surface area is 178 Å². The molecule has 0 fully saturated rings. The number of rotatable bonds is 4. The van der Waals surface area contributed by atoms with Crippen LogP contribution in [0.15, 0.2) is 66.7 Å². The van der Waals surface area contributed by atoms with Crippen LogP contribution < -0.4 is 5.32 Å². The molecule has 3 aromatic rings. The number of esters is 1. The highest BCUT2D eigenvalue weighted by Crippen LogP contribution is 2.31. The Morgan fingerprint density at radius 2 is 1.77 bits per heavy atom. The van der Waals surface area contributed by atoms with Crippen LogP contribution in [0.3, 0.4) is 0 Å². The van der Waals surface area contributed by atoms with Crippen LogP contribution in [0.25, 0.3) is 0 Å². The molecule has 5 nitrogen and oxygen atoms in total. The monoisotopic (exact) mass is 419 g/mol. The van der Waals surface area contributed by atoms with E-state index in [1.54, 1.807) is 54.6 Å². The molecule has 4 rings (SSSR count). The quantitative estimate of drug-likeness (QED) is 0.463. The van der Waals surface area contributed by atoms with Gasteiger partial charge in [-0.25, -0.2) is 4.79 Å². The van der Waals surface area contributed by atoms with E-state index in [1.165, 1.54) is 6.92 Å². The van der Waals surface area contributed by atoms with Gasteiger partial charge in [0.2, 0.25) is 0 Å². The van der Waals surface area contributed by atoms with Crippen molar-refractivity contribution in [2.75, 3.05) is 5.32 Å². The van der Waals surface area contributed by atoms with E-state index in [9.17, 15) is 14.4 Å². The fourth-order valence-corrected chi connectivity index (χ4v) is 3.55. The molecule has 0 aromatic heterocycles. The Morgan fingerprint density at radius 3 is 2.50 bits per heavy atom. The van der Waals surface area contributed by atoms with Crippen LogP contribution in [0.2, 0.25) is 5.02 Å². The lowest BCUT2D eigenvalue weighted by Gasteiger charge is -2.25. The number of fused-ring (bicyclic) bond motifs is 1. The summed E-state index contributed by atoms with van der Waals surface area (Å²) >= 11 is 5.94. The molecule has 30 heavy (non-hydrogen) atoms. The highest BCUT2D eigenvalue weighted by atomic mass is 35.5. The summed E-state index contributed by atoms with van der Waals surface area (Å²) in [6.07, 6.45) is 0.0248. The summed E-state index contributed by atoms with van der Waals surface area (Å²) in [5, 5.41) is 3.40. The van der Waals surface area contributed by atoms with E-state index in [1.807, 2.05) is 12.1 Å². The third-order valence-corrected chi connectivity index (χ3v) is 5.26. The molecule has 0 spiro atoms. The number of benzene rings is 3. The van der Waals surface area contributed by atoms with E-state index >= 15 is 0 Å². The second kappa shape index (κ2) is 8.13. The van der Waals surface area contributed by atoms with Gasteiger partial charge in [0.05, 0.1) is 5.56 Å². The van der Waals surface area contributed by atoms with Crippen molar-refractivity contribution in [1.82, 2.24) is 0 Å². The molecule has 0 radical (unpaired) electrons. The van der Waals surface area contributed by atoms with Crippen molar-refractivity contribution < 1.29 is 19.1 Å². The van der Waals surface area contributed by atoms with E-state index in [2.05, 4.69) is 5.32 Å². The van der Waals surface area contributed by atoms with E-state index in [4.69, 9.17) is 16.3 Å². The summed E-state index contributed by atoms with van der Waals surface area (Å²) in [4.78, 5) is 36.7. The number of carbonyl (C=O) groups excluding carboxylic acids is 3. The van der Waals surface area contributed by atoms with Gasteiger partial charge in [-0.1, -0.05) is 35.9 Å². The molecule has 0 saturated carbocycles. The Kier molecular flexibility index (Phi) is 5.38. The topological polar surface area (TPSA) is 72.5 Å². The smallest absolute Gasteiger partial charge is 0.339 e. The first kappa shape index (κ1) is 19.9. The average molecular weight is 420 g/mol. The predicted molar refractivity (Wildman–Crippen MR) is 114 cm³/mol. The second-order valence-electron chi connectivity index (χ2n) is 7.11. The van der Waals surface area contributed by atoms with Crippen molar-refractivity contribution in [3.8, 4) is 0 Å². The van der Waals surface area contributed by atoms with Gasteiger partial charge in [-0.3, -0.25) is 9.59 Å². The molecule has 3 aromatic carbocycles. The molecular formula is C24H18ClNO4. The summed E-state index contributed by atoms with van der Waals surface area (Å²) in [5.41, 5.74) is 3.52. The summed E-state index contributed by atoms with van der Waals surface area (Å²) < 4.78 is 5.56. The minimum Gasteiger partial charge on any atom is -0.454 e. The lowest BCUT2D eigenvalue weighted by molar-refractivity contribution is 0.0252. The normalized spacial score (nSPS) is 15.1. The minimum atomic E-state index is -0.437. The molecule has 1 amide bonds. The molecule has 1 N–H and O–H groups in total. The maximum atomic E-state index is 12.7. The van der Waals surface area contributed by atoms with Gasteiger partial charge in [-0.05, 0) is 60.5 Å². The molecule has 6 heteroatoms. The predicted octanol–water partition coefficient (Wildman–Crippen LogP) is 5.25. The highest BCUT2D eigenvalue weighted by molar-refractivity contribution is 6.30. The number of ether oxygens (including phenoxy) is 1. The Bertz CT molecular complexity index is 1150. The zero-order valence-electron chi connectivity index (χ0n) is 16.1. The van der Waals surface area contributed by atoms with Crippen molar-refractivity contribution in [2.45, 2.75) is 19.4 Å². The Morgan fingerprint density at radius 1 is 1.00 bits per heavy atom. The third-order valence-electron chi connectivity index (χ3n) is 5.01. The maximum absolute atomic E-state index is 12.7. The van der Waals surface area contributed by atoms with E-state index in [0.29, 0.717) is 33.8 Å². The number of anilines is 1. The van der Waals surface area contributed by atoms with Crippen molar-refractivity contribution in [3.05, 3.63) is 99.6 Å². The summed E-state index contributed by atoms with van der Waals surface area (Å²) in [5.74, 6) is -0.815. The standard InChI is InChI=1S/C24H18ClNO4/c1-14(27)16-3-2-4-20(12-16)26-23(28)17-7-10-21-18(11-17)13-22(30-24(21)29)15-5-8-19(25)9-6-15/h2-12,22H,13H2,1H3,(H,26,28). The van der Waals surface area contributed by atoms with Crippen LogP contribution in [0.1, 0.15) is 55.2 Å². The van der Waals surface area contributed by atoms with Crippen LogP contribution in [-0.2, 0) is 11.2 Å². The van der Waals surface area contributed by atoms with Gasteiger partial charge in [0, 0.05) is 28.3 Å². The zero-order valence-corrected chi connectivity index (χ0v) is 16.9. The van der Waals surface area contributed by atoms with Crippen LogP contribution in [0.4, 0.5) is 5.69 Å². The number of cyclic esters (lactones) is 1. The van der Waals surface area contributed by atoms with Gasteiger partial charge in [0.25, 0.3) is 5.91 Å². The van der Waals surface area contributed by atoms with Crippen LogP contribution in [0.5, 0.6) is 0 Å². The minimum absolute atomic E-state index is 0.0772.